The summed E-state index contributed by atoms with van der Waals surface area (Å²) in [5, 5.41) is 5.84. The number of hydrogen-bond donors (Lipinski definition) is 2. The molecule has 2 N–H and O–H groups in total. The standard InChI is InChI=1S/C25H32N2O4S/c1-4-5-6-7-8-17-31-21-13-11-20(12-14-21)26-25(32)27-24(28)16-10-19-9-15-22(29-2)23(18-19)30-3/h9-16,18H,4-8,17H2,1-3H3,(H2,26,27,28,32)/b16-10+. The molecule has 0 aliphatic carbocycles. The van der Waals surface area contributed by atoms with Crippen LogP contribution in [0.1, 0.15) is 44.6 Å². The highest BCUT2D eigenvalue weighted by Crippen LogP contribution is 2.27. The Labute approximate surface area is 196 Å². The van der Waals surface area contributed by atoms with E-state index in [0.717, 1.165) is 30.0 Å². The highest BCUT2D eigenvalue weighted by atomic mass is 32.1. The molecule has 32 heavy (non-hydrogen) atoms. The molecule has 0 bridgehead atoms. The van der Waals surface area contributed by atoms with Crippen molar-refractivity contribution in [3.8, 4) is 17.2 Å². The molecule has 0 unspecified atom stereocenters. The number of carbonyl (C=O) groups is 1. The number of rotatable bonds is 12. The summed E-state index contributed by atoms with van der Waals surface area (Å²) < 4.78 is 16.2. The van der Waals surface area contributed by atoms with Gasteiger partial charge in [0.25, 0.3) is 0 Å². The van der Waals surface area contributed by atoms with Crippen LogP contribution < -0.4 is 24.8 Å². The second kappa shape index (κ2) is 14.1. The Morgan fingerprint density at radius 1 is 0.969 bits per heavy atom. The molecule has 0 atom stereocenters. The SMILES string of the molecule is CCCCCCCOc1ccc(NC(=S)NC(=O)/C=C/c2ccc(OC)c(OC)c2)cc1. The van der Waals surface area contributed by atoms with Crippen LogP contribution in [-0.2, 0) is 4.79 Å². The zero-order chi connectivity index (χ0) is 23.2. The van der Waals surface area contributed by atoms with E-state index in [1.165, 1.54) is 31.8 Å². The van der Waals surface area contributed by atoms with E-state index in [1.807, 2.05) is 30.3 Å². The van der Waals surface area contributed by atoms with E-state index in [0.29, 0.717) is 11.5 Å². The predicted octanol–water partition coefficient (Wildman–Crippen LogP) is 5.58. The molecule has 2 rings (SSSR count). The van der Waals surface area contributed by atoms with Crippen molar-refractivity contribution >= 4 is 35.0 Å². The lowest BCUT2D eigenvalue weighted by Crippen LogP contribution is -2.32. The van der Waals surface area contributed by atoms with Crippen molar-refractivity contribution in [2.24, 2.45) is 0 Å². The van der Waals surface area contributed by atoms with E-state index in [1.54, 1.807) is 32.4 Å². The molecule has 2 aromatic rings. The van der Waals surface area contributed by atoms with Crippen LogP contribution in [0, 0.1) is 0 Å². The van der Waals surface area contributed by atoms with Gasteiger partial charge in [-0.2, -0.15) is 0 Å². The molecule has 0 fully saturated rings. The van der Waals surface area contributed by atoms with Crippen LogP contribution in [0.5, 0.6) is 17.2 Å². The lowest BCUT2D eigenvalue weighted by molar-refractivity contribution is -0.115. The normalized spacial score (nSPS) is 10.6. The predicted molar refractivity (Wildman–Crippen MR) is 134 cm³/mol. The van der Waals surface area contributed by atoms with Crippen LogP contribution in [-0.4, -0.2) is 31.8 Å². The smallest absolute Gasteiger partial charge is 0.250 e. The second-order valence-corrected chi connectivity index (χ2v) is 7.59. The van der Waals surface area contributed by atoms with E-state index in [4.69, 9.17) is 26.4 Å². The number of anilines is 1. The molecule has 6 nitrogen and oxygen atoms in total. The number of nitrogens with one attached hydrogen (secondary N) is 2. The third-order valence-corrected chi connectivity index (χ3v) is 4.90. The van der Waals surface area contributed by atoms with Crippen molar-refractivity contribution < 1.29 is 19.0 Å². The zero-order valence-corrected chi connectivity index (χ0v) is 19.8. The van der Waals surface area contributed by atoms with Crippen LogP contribution in [0.4, 0.5) is 5.69 Å². The van der Waals surface area contributed by atoms with Crippen LogP contribution in [0.15, 0.2) is 48.5 Å². The molecule has 0 aromatic heterocycles. The molecule has 0 aliphatic heterocycles. The van der Waals surface area contributed by atoms with Gasteiger partial charge in [-0.15, -0.1) is 0 Å². The average Bonchev–Trinajstić information content (AvgIpc) is 2.80. The monoisotopic (exact) mass is 456 g/mol. The van der Waals surface area contributed by atoms with Gasteiger partial charge in [-0.1, -0.05) is 38.7 Å². The summed E-state index contributed by atoms with van der Waals surface area (Å²) >= 11 is 5.22. The van der Waals surface area contributed by atoms with E-state index < -0.39 is 0 Å². The summed E-state index contributed by atoms with van der Waals surface area (Å²) in [6.07, 6.45) is 9.12. The number of hydrogen-bond acceptors (Lipinski definition) is 5. The third kappa shape index (κ3) is 8.98. The number of ether oxygens (including phenoxy) is 3. The first-order chi connectivity index (χ1) is 15.5. The molecule has 1 amide bonds. The lowest BCUT2D eigenvalue weighted by atomic mass is 10.2. The van der Waals surface area contributed by atoms with E-state index >= 15 is 0 Å². The number of thiocarbonyl (C=S) groups is 1. The maximum absolute atomic E-state index is 12.2. The first-order valence-electron chi connectivity index (χ1n) is 10.8. The minimum absolute atomic E-state index is 0.219. The molecule has 0 saturated heterocycles. The van der Waals surface area contributed by atoms with Gasteiger partial charge in [0.15, 0.2) is 16.6 Å². The second-order valence-electron chi connectivity index (χ2n) is 7.18. The van der Waals surface area contributed by atoms with Crippen molar-refractivity contribution in [2.45, 2.75) is 39.0 Å². The number of methoxy groups -OCH3 is 2. The highest BCUT2D eigenvalue weighted by Gasteiger charge is 2.05. The molecule has 0 radical (unpaired) electrons. The molecule has 0 spiro atoms. The van der Waals surface area contributed by atoms with E-state index in [-0.39, 0.29) is 11.0 Å². The van der Waals surface area contributed by atoms with Gasteiger partial charge in [-0.25, -0.2) is 0 Å². The van der Waals surface area contributed by atoms with Crippen LogP contribution in [0.25, 0.3) is 6.08 Å². The fourth-order valence-electron chi connectivity index (χ4n) is 2.97. The van der Waals surface area contributed by atoms with Gasteiger partial charge < -0.3 is 19.5 Å². The van der Waals surface area contributed by atoms with Crippen molar-refractivity contribution in [3.63, 3.8) is 0 Å². The Morgan fingerprint density at radius 3 is 2.38 bits per heavy atom. The van der Waals surface area contributed by atoms with Gasteiger partial charge in [0, 0.05) is 11.8 Å². The van der Waals surface area contributed by atoms with E-state index in [9.17, 15) is 4.79 Å². The Bertz CT molecular complexity index is 897. The molecule has 2 aromatic carbocycles. The zero-order valence-electron chi connectivity index (χ0n) is 19.0. The van der Waals surface area contributed by atoms with Gasteiger partial charge >= 0.3 is 0 Å². The minimum Gasteiger partial charge on any atom is -0.494 e. The quantitative estimate of drug-likeness (QED) is 0.247. The Kier molecular flexibility index (Phi) is 11.1. The Hall–Kier alpha value is -3.06. The van der Waals surface area contributed by atoms with Crippen molar-refractivity contribution in [1.82, 2.24) is 5.32 Å². The van der Waals surface area contributed by atoms with Gasteiger partial charge in [-0.3, -0.25) is 10.1 Å². The van der Waals surface area contributed by atoms with Gasteiger partial charge in [-0.05, 0) is 66.7 Å². The molecular weight excluding hydrogens is 424 g/mol. The van der Waals surface area contributed by atoms with Crippen LogP contribution in [0.2, 0.25) is 0 Å². The summed E-state index contributed by atoms with van der Waals surface area (Å²) in [6, 6.07) is 12.9. The number of benzene rings is 2. The summed E-state index contributed by atoms with van der Waals surface area (Å²) in [7, 11) is 3.14. The van der Waals surface area contributed by atoms with Gasteiger partial charge in [0.2, 0.25) is 5.91 Å². The summed E-state index contributed by atoms with van der Waals surface area (Å²) in [5.74, 6) is 1.71. The van der Waals surface area contributed by atoms with Crippen molar-refractivity contribution in [1.29, 1.82) is 0 Å². The fourth-order valence-corrected chi connectivity index (χ4v) is 3.19. The molecule has 0 aliphatic rings. The largest absolute Gasteiger partial charge is 0.494 e. The maximum Gasteiger partial charge on any atom is 0.250 e. The first-order valence-corrected chi connectivity index (χ1v) is 11.2. The molecular formula is C25H32N2O4S. The van der Waals surface area contributed by atoms with E-state index in [2.05, 4.69) is 17.6 Å². The lowest BCUT2D eigenvalue weighted by Gasteiger charge is -2.10. The van der Waals surface area contributed by atoms with Gasteiger partial charge in [0.05, 0.1) is 20.8 Å². The Morgan fingerprint density at radius 2 is 1.69 bits per heavy atom. The van der Waals surface area contributed by atoms with Crippen LogP contribution >= 0.6 is 12.2 Å². The molecule has 172 valence electrons. The van der Waals surface area contributed by atoms with Crippen molar-refractivity contribution in [3.05, 3.63) is 54.1 Å². The number of amides is 1. The minimum atomic E-state index is -0.333. The summed E-state index contributed by atoms with van der Waals surface area (Å²) in [5.41, 5.74) is 1.58. The molecule has 0 saturated carbocycles. The van der Waals surface area contributed by atoms with Gasteiger partial charge in [0.1, 0.15) is 5.75 Å². The molecule has 0 heterocycles. The third-order valence-electron chi connectivity index (χ3n) is 4.70. The number of unbranched alkanes of at least 4 members (excludes halogenated alkanes) is 4. The number of carbonyl (C=O) groups excluding carboxylic acids is 1. The van der Waals surface area contributed by atoms with Crippen molar-refractivity contribution in [2.75, 3.05) is 26.1 Å². The first kappa shape index (κ1) is 25.2. The summed E-state index contributed by atoms with van der Waals surface area (Å²) in [4.78, 5) is 12.2. The highest BCUT2D eigenvalue weighted by molar-refractivity contribution is 7.80. The average molecular weight is 457 g/mol. The maximum atomic E-state index is 12.2. The Balaban J connectivity index is 1.77. The molecule has 7 heteroatoms. The summed E-state index contributed by atoms with van der Waals surface area (Å²) in [6.45, 7) is 2.93. The topological polar surface area (TPSA) is 68.8 Å². The fraction of sp³-hybridized carbons (Fsp3) is 0.360. The van der Waals surface area contributed by atoms with Crippen LogP contribution in [0.3, 0.4) is 0 Å².